The standard InChI is InChI=1S/C56H40N2/c1-56(52-23-13-11-21-48(52)49-22-12-14-24-53(49)56)43-29-35-54-50(37-43)51-38-47(34-36-55(51)58(54)44-19-9-4-10-20-44)57(45-30-25-41(26-31-45)39-15-5-2-6-16-39)46-32-27-42(28-33-46)40-17-7-3-8-18-40/h2-38H,1H3. The molecule has 0 N–H and O–H groups in total. The van der Waals surface area contributed by atoms with Crippen LogP contribution in [0.5, 0.6) is 0 Å². The molecule has 2 nitrogen and oxygen atoms in total. The summed E-state index contributed by atoms with van der Waals surface area (Å²) < 4.78 is 2.42. The Kier molecular flexibility index (Phi) is 7.97. The summed E-state index contributed by atoms with van der Waals surface area (Å²) in [6.45, 7) is 2.40. The number of hydrogen-bond acceptors (Lipinski definition) is 1. The molecule has 0 amide bonds. The van der Waals surface area contributed by atoms with E-state index in [1.807, 2.05) is 0 Å². The molecule has 11 rings (SSSR count). The Morgan fingerprint density at radius 1 is 0.362 bits per heavy atom. The SMILES string of the molecule is CC1(c2ccc3c(c2)c2cc(N(c4ccc(-c5ccccc5)cc4)c4ccc(-c5ccccc5)cc4)ccc2n3-c2ccccc2)c2ccccc2-c2ccccc21. The second-order valence-corrected chi connectivity index (χ2v) is 15.5. The molecule has 274 valence electrons. The fourth-order valence-corrected chi connectivity index (χ4v) is 9.39. The van der Waals surface area contributed by atoms with Crippen molar-refractivity contribution in [1.82, 2.24) is 4.57 Å². The van der Waals surface area contributed by atoms with E-state index in [-0.39, 0.29) is 5.41 Å². The first-order chi connectivity index (χ1) is 28.6. The minimum absolute atomic E-state index is 0.298. The summed E-state index contributed by atoms with van der Waals surface area (Å²) in [7, 11) is 0. The third-order valence-corrected chi connectivity index (χ3v) is 12.3. The number of para-hydroxylation sites is 1. The summed E-state index contributed by atoms with van der Waals surface area (Å²) in [5.41, 5.74) is 18.0. The van der Waals surface area contributed by atoms with Gasteiger partial charge in [0, 0.05) is 38.9 Å². The van der Waals surface area contributed by atoms with Gasteiger partial charge in [0.2, 0.25) is 0 Å². The Hall–Kier alpha value is -7.42. The molecule has 1 aliphatic rings. The first kappa shape index (κ1) is 33.9. The van der Waals surface area contributed by atoms with Crippen molar-refractivity contribution in [1.29, 1.82) is 0 Å². The van der Waals surface area contributed by atoms with E-state index in [0.717, 1.165) is 22.7 Å². The fourth-order valence-electron chi connectivity index (χ4n) is 9.39. The van der Waals surface area contributed by atoms with E-state index in [1.54, 1.807) is 0 Å². The van der Waals surface area contributed by atoms with Gasteiger partial charge in [-0.25, -0.2) is 0 Å². The van der Waals surface area contributed by atoms with E-state index in [9.17, 15) is 0 Å². The highest BCUT2D eigenvalue weighted by Gasteiger charge is 2.40. The smallest absolute Gasteiger partial charge is 0.0542 e. The number of anilines is 3. The Morgan fingerprint density at radius 2 is 0.776 bits per heavy atom. The van der Waals surface area contributed by atoms with Crippen LogP contribution in [-0.2, 0) is 5.41 Å². The highest BCUT2D eigenvalue weighted by atomic mass is 15.1. The minimum Gasteiger partial charge on any atom is -0.310 e. The van der Waals surface area contributed by atoms with Gasteiger partial charge in [-0.05, 0) is 124 Å². The summed E-state index contributed by atoms with van der Waals surface area (Å²) in [6, 6.07) is 81.9. The van der Waals surface area contributed by atoms with Crippen molar-refractivity contribution in [2.45, 2.75) is 12.3 Å². The molecule has 9 aromatic carbocycles. The van der Waals surface area contributed by atoms with Crippen LogP contribution in [0.1, 0.15) is 23.6 Å². The van der Waals surface area contributed by atoms with Gasteiger partial charge in [-0.1, -0.05) is 158 Å². The zero-order valence-electron chi connectivity index (χ0n) is 32.3. The number of hydrogen-bond donors (Lipinski definition) is 0. The molecular formula is C56H40N2. The van der Waals surface area contributed by atoms with E-state index in [2.05, 4.69) is 241 Å². The molecule has 0 saturated carbocycles. The monoisotopic (exact) mass is 740 g/mol. The summed E-state index contributed by atoms with van der Waals surface area (Å²) in [5, 5.41) is 2.45. The second-order valence-electron chi connectivity index (χ2n) is 15.5. The molecule has 0 saturated heterocycles. The van der Waals surface area contributed by atoms with Gasteiger partial charge in [0.05, 0.1) is 11.0 Å². The molecule has 1 aromatic heterocycles. The number of aromatic nitrogens is 1. The quantitative estimate of drug-likeness (QED) is 0.158. The van der Waals surface area contributed by atoms with Gasteiger partial charge in [0.15, 0.2) is 0 Å². The van der Waals surface area contributed by atoms with Crippen molar-refractivity contribution in [3.8, 4) is 39.1 Å². The van der Waals surface area contributed by atoms with Crippen LogP contribution in [0.2, 0.25) is 0 Å². The van der Waals surface area contributed by atoms with Crippen LogP contribution in [0, 0.1) is 0 Å². The van der Waals surface area contributed by atoms with Crippen molar-refractivity contribution in [3.63, 3.8) is 0 Å². The number of nitrogens with zero attached hydrogens (tertiary/aromatic N) is 2. The lowest BCUT2D eigenvalue weighted by molar-refractivity contribution is 0.715. The van der Waals surface area contributed by atoms with Crippen LogP contribution >= 0.6 is 0 Å². The number of rotatable bonds is 7. The molecular weight excluding hydrogens is 701 g/mol. The average molecular weight is 741 g/mol. The van der Waals surface area contributed by atoms with Crippen LogP contribution in [-0.4, -0.2) is 4.57 Å². The molecule has 2 heteroatoms. The number of benzene rings is 9. The number of fused-ring (bicyclic) bond motifs is 6. The summed E-state index contributed by atoms with van der Waals surface area (Å²) in [5.74, 6) is 0. The van der Waals surface area contributed by atoms with Gasteiger partial charge in [0.25, 0.3) is 0 Å². The molecule has 1 heterocycles. The Balaban J connectivity index is 1.12. The molecule has 0 atom stereocenters. The zero-order chi connectivity index (χ0) is 38.6. The molecule has 10 aromatic rings. The van der Waals surface area contributed by atoms with E-state index in [0.29, 0.717) is 0 Å². The van der Waals surface area contributed by atoms with Gasteiger partial charge >= 0.3 is 0 Å². The predicted molar refractivity (Wildman–Crippen MR) is 244 cm³/mol. The highest BCUT2D eigenvalue weighted by molar-refractivity contribution is 6.11. The maximum Gasteiger partial charge on any atom is 0.0542 e. The van der Waals surface area contributed by atoms with Crippen LogP contribution in [0.15, 0.2) is 224 Å². The Labute approximate surface area is 339 Å². The van der Waals surface area contributed by atoms with E-state index < -0.39 is 0 Å². The lowest BCUT2D eigenvalue weighted by Gasteiger charge is -2.28. The van der Waals surface area contributed by atoms with Gasteiger partial charge in [-0.3, -0.25) is 0 Å². The Morgan fingerprint density at radius 3 is 1.31 bits per heavy atom. The fraction of sp³-hybridized carbons (Fsp3) is 0.0357. The predicted octanol–water partition coefficient (Wildman–Crippen LogP) is 14.9. The van der Waals surface area contributed by atoms with Crippen LogP contribution in [0.3, 0.4) is 0 Å². The molecule has 0 bridgehead atoms. The molecule has 0 aliphatic heterocycles. The third kappa shape index (κ3) is 5.41. The van der Waals surface area contributed by atoms with Gasteiger partial charge < -0.3 is 9.47 Å². The molecule has 58 heavy (non-hydrogen) atoms. The van der Waals surface area contributed by atoms with E-state index in [4.69, 9.17) is 0 Å². The van der Waals surface area contributed by atoms with Gasteiger partial charge in [-0.2, -0.15) is 0 Å². The van der Waals surface area contributed by atoms with E-state index >= 15 is 0 Å². The third-order valence-electron chi connectivity index (χ3n) is 12.3. The lowest BCUT2D eigenvalue weighted by Crippen LogP contribution is -2.22. The highest BCUT2D eigenvalue weighted by Crippen LogP contribution is 2.53. The summed E-state index contributed by atoms with van der Waals surface area (Å²) >= 11 is 0. The summed E-state index contributed by atoms with van der Waals surface area (Å²) in [6.07, 6.45) is 0. The maximum atomic E-state index is 2.47. The van der Waals surface area contributed by atoms with Crippen molar-refractivity contribution in [2.75, 3.05) is 4.90 Å². The lowest BCUT2D eigenvalue weighted by atomic mass is 9.74. The molecule has 0 unspecified atom stereocenters. The van der Waals surface area contributed by atoms with Crippen molar-refractivity contribution >= 4 is 38.9 Å². The van der Waals surface area contributed by atoms with Gasteiger partial charge in [-0.15, -0.1) is 0 Å². The Bertz CT molecular complexity index is 2960. The zero-order valence-corrected chi connectivity index (χ0v) is 32.3. The first-order valence-electron chi connectivity index (χ1n) is 20.1. The molecule has 1 aliphatic carbocycles. The normalized spacial score (nSPS) is 12.7. The maximum absolute atomic E-state index is 2.47. The topological polar surface area (TPSA) is 8.17 Å². The minimum atomic E-state index is -0.298. The van der Waals surface area contributed by atoms with Crippen LogP contribution in [0.25, 0.3) is 60.9 Å². The van der Waals surface area contributed by atoms with Crippen molar-refractivity contribution in [3.05, 3.63) is 241 Å². The second kappa shape index (κ2) is 13.7. The summed E-state index contributed by atoms with van der Waals surface area (Å²) in [4.78, 5) is 2.39. The first-order valence-corrected chi connectivity index (χ1v) is 20.1. The molecule has 0 fully saturated rings. The van der Waals surface area contributed by atoms with Crippen LogP contribution < -0.4 is 4.90 Å². The molecule has 0 spiro atoms. The average Bonchev–Trinajstić information content (AvgIpc) is 3.77. The van der Waals surface area contributed by atoms with Crippen molar-refractivity contribution < 1.29 is 0 Å². The van der Waals surface area contributed by atoms with Gasteiger partial charge in [0.1, 0.15) is 0 Å². The van der Waals surface area contributed by atoms with Crippen molar-refractivity contribution in [2.24, 2.45) is 0 Å². The largest absolute Gasteiger partial charge is 0.310 e. The van der Waals surface area contributed by atoms with E-state index in [1.165, 1.54) is 71.9 Å². The van der Waals surface area contributed by atoms with Crippen LogP contribution in [0.4, 0.5) is 17.1 Å². The molecule has 0 radical (unpaired) electrons.